The van der Waals surface area contributed by atoms with E-state index in [9.17, 15) is 4.79 Å². The van der Waals surface area contributed by atoms with E-state index in [0.717, 1.165) is 23.1 Å². The molecule has 6 heteroatoms. The Morgan fingerprint density at radius 3 is 2.16 bits per heavy atom. The van der Waals surface area contributed by atoms with E-state index in [4.69, 9.17) is 15.0 Å². The molecule has 1 atom stereocenters. The number of hydrogen-bond acceptors (Lipinski definition) is 4. The highest BCUT2D eigenvalue weighted by Crippen LogP contribution is 2.30. The average molecular weight is 426 g/mol. The smallest absolute Gasteiger partial charge is 0.265 e. The van der Waals surface area contributed by atoms with Crippen molar-refractivity contribution >= 4 is 33.2 Å². The number of nitrogens with zero attached hydrogens (tertiary/aromatic N) is 5. The Kier molecular flexibility index (Phi) is 4.81. The van der Waals surface area contributed by atoms with Crippen LogP contribution in [0.1, 0.15) is 57.5 Å². The summed E-state index contributed by atoms with van der Waals surface area (Å²) in [5, 5.41) is 0.525. The van der Waals surface area contributed by atoms with Crippen LogP contribution in [0.2, 0.25) is 0 Å². The maximum absolute atomic E-state index is 13.7. The molecule has 0 saturated heterocycles. The maximum Gasteiger partial charge on any atom is 0.265 e. The standard InChI is InChI=1S/C26H27N5O/c1-6-16(4)30-17(5)27-24-22(26(30)32)23-25(29-21-10-8-7-9-20(21)28-23)31(24)19-13-11-18(12-14-19)15(2)3/h7-16H,6H2,1-5H3. The van der Waals surface area contributed by atoms with E-state index in [-0.39, 0.29) is 11.6 Å². The number of fused-ring (bicyclic) bond motifs is 4. The molecule has 0 radical (unpaired) electrons. The highest BCUT2D eigenvalue weighted by Gasteiger charge is 2.23. The van der Waals surface area contributed by atoms with Gasteiger partial charge in [-0.05, 0) is 56.0 Å². The van der Waals surface area contributed by atoms with Gasteiger partial charge in [-0.2, -0.15) is 0 Å². The van der Waals surface area contributed by atoms with Gasteiger partial charge in [0.2, 0.25) is 0 Å². The molecule has 0 saturated carbocycles. The first-order valence-electron chi connectivity index (χ1n) is 11.2. The molecule has 3 aromatic heterocycles. The molecule has 1 unspecified atom stereocenters. The summed E-state index contributed by atoms with van der Waals surface area (Å²) in [5.41, 5.74) is 5.54. The summed E-state index contributed by atoms with van der Waals surface area (Å²) < 4.78 is 3.76. The molecule has 32 heavy (non-hydrogen) atoms. The van der Waals surface area contributed by atoms with Gasteiger partial charge < -0.3 is 0 Å². The lowest BCUT2D eigenvalue weighted by Crippen LogP contribution is -2.26. The lowest BCUT2D eigenvalue weighted by atomic mass is 10.0. The van der Waals surface area contributed by atoms with Crippen molar-refractivity contribution in [1.29, 1.82) is 0 Å². The minimum Gasteiger partial charge on any atom is -0.293 e. The fraction of sp³-hybridized carbons (Fsp3) is 0.308. The Balaban J connectivity index is 1.95. The molecule has 3 heterocycles. The molecule has 0 amide bonds. The van der Waals surface area contributed by atoms with E-state index in [0.29, 0.717) is 33.9 Å². The van der Waals surface area contributed by atoms with Gasteiger partial charge in [-0.15, -0.1) is 0 Å². The summed E-state index contributed by atoms with van der Waals surface area (Å²) in [6.45, 7) is 10.4. The summed E-state index contributed by atoms with van der Waals surface area (Å²) in [7, 11) is 0. The molecule has 0 spiro atoms. The van der Waals surface area contributed by atoms with Gasteiger partial charge in [0.1, 0.15) is 16.7 Å². The van der Waals surface area contributed by atoms with Gasteiger partial charge in [-0.1, -0.05) is 45.0 Å². The van der Waals surface area contributed by atoms with E-state index in [1.807, 2.05) is 42.7 Å². The molecule has 2 aromatic carbocycles. The van der Waals surface area contributed by atoms with E-state index >= 15 is 0 Å². The third kappa shape index (κ3) is 3.01. The number of benzene rings is 2. The first kappa shape index (κ1) is 20.4. The molecule has 0 bridgehead atoms. The van der Waals surface area contributed by atoms with Crippen LogP contribution in [0.4, 0.5) is 0 Å². The van der Waals surface area contributed by atoms with E-state index < -0.39 is 0 Å². The molecule has 5 rings (SSSR count). The van der Waals surface area contributed by atoms with Crippen LogP contribution in [0.15, 0.2) is 53.3 Å². The Bertz CT molecular complexity index is 1530. The van der Waals surface area contributed by atoms with Gasteiger partial charge in [0.05, 0.1) is 11.0 Å². The first-order valence-corrected chi connectivity index (χ1v) is 11.2. The van der Waals surface area contributed by atoms with Crippen LogP contribution in [0.25, 0.3) is 38.9 Å². The van der Waals surface area contributed by atoms with Crippen molar-refractivity contribution in [3.8, 4) is 5.69 Å². The summed E-state index contributed by atoms with van der Waals surface area (Å²) in [6.07, 6.45) is 0.845. The topological polar surface area (TPSA) is 65.6 Å². The van der Waals surface area contributed by atoms with Crippen molar-refractivity contribution in [2.45, 2.75) is 53.0 Å². The van der Waals surface area contributed by atoms with Gasteiger partial charge in [0.25, 0.3) is 5.56 Å². The Hall–Kier alpha value is -3.54. The molecule has 5 aromatic rings. The second-order valence-corrected chi connectivity index (χ2v) is 8.76. The fourth-order valence-corrected chi connectivity index (χ4v) is 4.36. The number of para-hydroxylation sites is 2. The van der Waals surface area contributed by atoms with Crippen LogP contribution in [0.5, 0.6) is 0 Å². The molecule has 0 aliphatic carbocycles. The van der Waals surface area contributed by atoms with Gasteiger partial charge in [-0.25, -0.2) is 15.0 Å². The number of rotatable bonds is 4. The summed E-state index contributed by atoms with van der Waals surface area (Å²) in [5.74, 6) is 1.14. The van der Waals surface area contributed by atoms with Gasteiger partial charge in [0, 0.05) is 11.7 Å². The third-order valence-corrected chi connectivity index (χ3v) is 6.33. The molecular formula is C26H27N5O. The Morgan fingerprint density at radius 1 is 0.875 bits per heavy atom. The van der Waals surface area contributed by atoms with Crippen LogP contribution < -0.4 is 5.56 Å². The number of aryl methyl sites for hydroxylation is 1. The van der Waals surface area contributed by atoms with Crippen molar-refractivity contribution in [2.24, 2.45) is 0 Å². The monoisotopic (exact) mass is 425 g/mol. The molecular weight excluding hydrogens is 398 g/mol. The van der Waals surface area contributed by atoms with Crippen molar-refractivity contribution in [1.82, 2.24) is 24.1 Å². The average Bonchev–Trinajstić information content (AvgIpc) is 3.10. The molecule has 0 fully saturated rings. The second kappa shape index (κ2) is 7.55. The van der Waals surface area contributed by atoms with E-state index in [1.54, 1.807) is 4.57 Å². The minimum atomic E-state index is -0.0611. The van der Waals surface area contributed by atoms with Gasteiger partial charge >= 0.3 is 0 Å². The zero-order valence-electron chi connectivity index (χ0n) is 19.1. The van der Waals surface area contributed by atoms with Crippen molar-refractivity contribution < 1.29 is 0 Å². The third-order valence-electron chi connectivity index (χ3n) is 6.33. The zero-order valence-corrected chi connectivity index (χ0v) is 19.1. The van der Waals surface area contributed by atoms with Gasteiger partial charge in [-0.3, -0.25) is 13.9 Å². The van der Waals surface area contributed by atoms with Crippen LogP contribution in [0, 0.1) is 6.92 Å². The zero-order chi connectivity index (χ0) is 22.6. The van der Waals surface area contributed by atoms with Crippen molar-refractivity contribution in [2.75, 3.05) is 0 Å². The van der Waals surface area contributed by atoms with Crippen molar-refractivity contribution in [3.63, 3.8) is 0 Å². The van der Waals surface area contributed by atoms with Crippen LogP contribution in [-0.2, 0) is 0 Å². The minimum absolute atomic E-state index is 0.0524. The quantitative estimate of drug-likeness (QED) is 0.371. The Labute approximate surface area is 186 Å². The van der Waals surface area contributed by atoms with E-state index in [2.05, 4.69) is 45.0 Å². The second-order valence-electron chi connectivity index (χ2n) is 8.76. The van der Waals surface area contributed by atoms with E-state index in [1.165, 1.54) is 5.56 Å². The molecule has 0 N–H and O–H groups in total. The molecule has 162 valence electrons. The van der Waals surface area contributed by atoms with Crippen LogP contribution in [0.3, 0.4) is 0 Å². The predicted molar refractivity (Wildman–Crippen MR) is 130 cm³/mol. The summed E-state index contributed by atoms with van der Waals surface area (Å²) >= 11 is 0. The highest BCUT2D eigenvalue weighted by molar-refractivity contribution is 6.05. The number of aromatic nitrogens is 5. The van der Waals surface area contributed by atoms with Crippen LogP contribution in [-0.4, -0.2) is 24.1 Å². The largest absolute Gasteiger partial charge is 0.293 e. The van der Waals surface area contributed by atoms with Crippen molar-refractivity contribution in [3.05, 3.63) is 70.3 Å². The Morgan fingerprint density at radius 2 is 1.53 bits per heavy atom. The number of hydrogen-bond donors (Lipinski definition) is 0. The molecule has 6 nitrogen and oxygen atoms in total. The highest BCUT2D eigenvalue weighted by atomic mass is 16.1. The molecule has 0 aliphatic rings. The van der Waals surface area contributed by atoms with Crippen LogP contribution >= 0.6 is 0 Å². The summed E-state index contributed by atoms with van der Waals surface area (Å²) in [6, 6.07) is 16.2. The maximum atomic E-state index is 13.7. The fourth-order valence-electron chi connectivity index (χ4n) is 4.36. The first-order chi connectivity index (χ1) is 15.4. The lowest BCUT2D eigenvalue weighted by Gasteiger charge is -2.16. The predicted octanol–water partition coefficient (Wildman–Crippen LogP) is 5.69. The molecule has 0 aliphatic heterocycles. The lowest BCUT2D eigenvalue weighted by molar-refractivity contribution is 0.497. The normalized spacial score (nSPS) is 12.9. The SMILES string of the molecule is CCC(C)n1c(C)nc2c(c1=O)c1nc3ccccc3nc1n2-c1ccc(C(C)C)cc1. The van der Waals surface area contributed by atoms with Gasteiger partial charge in [0.15, 0.2) is 11.3 Å². The summed E-state index contributed by atoms with van der Waals surface area (Å²) in [4.78, 5) is 28.4.